The number of carbonyl (C=O) groups is 2. The SMILES string of the molecule is C=C(C)C(=O)NC(CC)S(=O)(=O)O.C=CC(N)=O.CCCS(=O)(=O)O. The van der Waals surface area contributed by atoms with Gasteiger partial charge in [0.2, 0.25) is 11.8 Å². The molecule has 0 heterocycles. The molecule has 0 aromatic rings. The van der Waals surface area contributed by atoms with Crippen LogP contribution in [0.25, 0.3) is 0 Å². The normalized spacial score (nSPS) is 11.6. The fourth-order valence-corrected chi connectivity index (χ4v) is 2.11. The number of nitrogens with two attached hydrogens (primary N) is 1. The van der Waals surface area contributed by atoms with Gasteiger partial charge < -0.3 is 11.1 Å². The second-order valence-electron chi connectivity index (χ2n) is 4.56. The predicted molar refractivity (Wildman–Crippen MR) is 94.7 cm³/mol. The number of nitrogens with one attached hydrogen (secondary N) is 1. The summed E-state index contributed by atoms with van der Waals surface area (Å²) in [6.45, 7) is 11.1. The van der Waals surface area contributed by atoms with Gasteiger partial charge in [0, 0.05) is 5.57 Å². The molecule has 1 atom stereocenters. The molecule has 0 saturated heterocycles. The van der Waals surface area contributed by atoms with Crippen LogP contribution in [0.2, 0.25) is 0 Å². The lowest BCUT2D eigenvalue weighted by Gasteiger charge is -2.13. The van der Waals surface area contributed by atoms with Crippen molar-refractivity contribution in [3.8, 4) is 0 Å². The first kappa shape index (κ1) is 28.1. The Morgan fingerprint density at radius 3 is 1.72 bits per heavy atom. The highest BCUT2D eigenvalue weighted by Gasteiger charge is 2.22. The van der Waals surface area contributed by atoms with Crippen LogP contribution < -0.4 is 11.1 Å². The number of hydrogen-bond donors (Lipinski definition) is 4. The third-order valence-electron chi connectivity index (χ3n) is 2.07. The first-order chi connectivity index (χ1) is 11.1. The minimum Gasteiger partial charge on any atom is -0.366 e. The van der Waals surface area contributed by atoms with E-state index in [1.165, 1.54) is 13.8 Å². The van der Waals surface area contributed by atoms with Gasteiger partial charge in [0.1, 0.15) is 0 Å². The van der Waals surface area contributed by atoms with Crippen molar-refractivity contribution in [2.45, 2.75) is 39.0 Å². The third-order valence-corrected chi connectivity index (χ3v) is 4.17. The van der Waals surface area contributed by atoms with Crippen molar-refractivity contribution >= 4 is 32.1 Å². The fraction of sp³-hybridized carbons (Fsp3) is 0.538. The summed E-state index contributed by atoms with van der Waals surface area (Å²) in [5.74, 6) is -1.19. The van der Waals surface area contributed by atoms with E-state index in [1.54, 1.807) is 6.92 Å². The summed E-state index contributed by atoms with van der Waals surface area (Å²) in [6, 6.07) is 0. The van der Waals surface area contributed by atoms with Crippen molar-refractivity contribution in [2.75, 3.05) is 5.75 Å². The molecule has 0 fully saturated rings. The highest BCUT2D eigenvalue weighted by atomic mass is 32.2. The van der Waals surface area contributed by atoms with E-state index in [2.05, 4.69) is 24.2 Å². The number of primary amides is 1. The van der Waals surface area contributed by atoms with Gasteiger partial charge in [-0.1, -0.05) is 27.0 Å². The van der Waals surface area contributed by atoms with Crippen LogP contribution in [0.1, 0.15) is 33.6 Å². The second kappa shape index (κ2) is 13.5. The lowest BCUT2D eigenvalue weighted by atomic mass is 10.3. The Labute approximate surface area is 148 Å². The van der Waals surface area contributed by atoms with Crippen molar-refractivity contribution in [1.29, 1.82) is 0 Å². The molecule has 148 valence electrons. The predicted octanol–water partition coefficient (Wildman–Crippen LogP) is 0.245. The molecular formula is C13H26N2O8S2. The molecule has 0 rings (SSSR count). The maximum atomic E-state index is 11.0. The summed E-state index contributed by atoms with van der Waals surface area (Å²) < 4.78 is 57.5. The Hall–Kier alpha value is -1.76. The Bertz CT molecular complexity index is 654. The second-order valence-corrected chi connectivity index (χ2v) is 7.73. The van der Waals surface area contributed by atoms with Gasteiger partial charge in [-0.2, -0.15) is 16.8 Å². The molecule has 1 unspecified atom stereocenters. The first-order valence-corrected chi connectivity index (χ1v) is 10.0. The molecule has 12 heteroatoms. The standard InChI is InChI=1S/C7H13NO4S.C3H5NO.C3H8O3S/c1-4-6(13(10,11)12)8-7(9)5(2)3;1-2-3(4)5;1-2-3-7(4,5)6/h6H,2,4H2,1,3H3,(H,8,9)(H,10,11,12);2H,1H2,(H2,4,5);2-3H2,1H3,(H,4,5,6). The first-order valence-electron chi connectivity index (χ1n) is 6.91. The van der Waals surface area contributed by atoms with Crippen molar-refractivity contribution < 1.29 is 35.5 Å². The molecular weight excluding hydrogens is 376 g/mol. The lowest BCUT2D eigenvalue weighted by molar-refractivity contribution is -0.117. The molecule has 5 N–H and O–H groups in total. The van der Waals surface area contributed by atoms with Crippen LogP contribution in [0.4, 0.5) is 0 Å². The van der Waals surface area contributed by atoms with Crippen LogP contribution in [-0.2, 0) is 29.8 Å². The number of rotatable bonds is 7. The quantitative estimate of drug-likeness (QED) is 0.345. The van der Waals surface area contributed by atoms with E-state index in [4.69, 9.17) is 9.11 Å². The van der Waals surface area contributed by atoms with E-state index in [1.807, 2.05) is 0 Å². The van der Waals surface area contributed by atoms with Crippen LogP contribution in [0.15, 0.2) is 24.8 Å². The average Bonchev–Trinajstić information content (AvgIpc) is 2.42. The molecule has 0 saturated carbocycles. The molecule has 0 aliphatic rings. The van der Waals surface area contributed by atoms with Crippen LogP contribution in [0.3, 0.4) is 0 Å². The molecule has 25 heavy (non-hydrogen) atoms. The van der Waals surface area contributed by atoms with E-state index in [0.29, 0.717) is 6.42 Å². The molecule has 0 aromatic heterocycles. The Balaban J connectivity index is -0.000000337. The summed E-state index contributed by atoms with van der Waals surface area (Å²) in [6.07, 6.45) is 1.64. The molecule has 10 nitrogen and oxygen atoms in total. The van der Waals surface area contributed by atoms with Gasteiger partial charge in [-0.05, 0) is 25.8 Å². The van der Waals surface area contributed by atoms with Gasteiger partial charge >= 0.3 is 0 Å². The van der Waals surface area contributed by atoms with Crippen LogP contribution in [0, 0.1) is 0 Å². The largest absolute Gasteiger partial charge is 0.366 e. The smallest absolute Gasteiger partial charge is 0.286 e. The van der Waals surface area contributed by atoms with Gasteiger partial charge in [0.05, 0.1) is 5.75 Å². The molecule has 0 aliphatic heterocycles. The Morgan fingerprint density at radius 1 is 1.20 bits per heavy atom. The van der Waals surface area contributed by atoms with Crippen molar-refractivity contribution in [1.82, 2.24) is 5.32 Å². The average molecular weight is 402 g/mol. The Morgan fingerprint density at radius 2 is 1.60 bits per heavy atom. The summed E-state index contributed by atoms with van der Waals surface area (Å²) in [5.41, 5.74) is 4.73. The highest BCUT2D eigenvalue weighted by Crippen LogP contribution is 2.01. The van der Waals surface area contributed by atoms with Gasteiger partial charge in [0.25, 0.3) is 20.2 Å². The maximum Gasteiger partial charge on any atom is 0.286 e. The zero-order valence-corrected chi connectivity index (χ0v) is 16.1. The van der Waals surface area contributed by atoms with Crippen molar-refractivity contribution in [3.63, 3.8) is 0 Å². The maximum absolute atomic E-state index is 11.0. The van der Waals surface area contributed by atoms with E-state index < -0.39 is 37.4 Å². The molecule has 0 spiro atoms. The summed E-state index contributed by atoms with van der Waals surface area (Å²) in [4.78, 5) is 20.4. The van der Waals surface area contributed by atoms with Crippen LogP contribution in [0.5, 0.6) is 0 Å². The molecule has 0 radical (unpaired) electrons. The third kappa shape index (κ3) is 22.2. The highest BCUT2D eigenvalue weighted by molar-refractivity contribution is 7.86. The lowest BCUT2D eigenvalue weighted by Crippen LogP contribution is -2.40. The molecule has 0 aromatic carbocycles. The molecule has 0 aliphatic carbocycles. The van der Waals surface area contributed by atoms with Gasteiger partial charge in [0.15, 0.2) is 5.37 Å². The van der Waals surface area contributed by atoms with Crippen molar-refractivity contribution in [3.05, 3.63) is 24.8 Å². The van der Waals surface area contributed by atoms with E-state index in [0.717, 1.165) is 6.08 Å². The molecule has 0 bridgehead atoms. The zero-order chi connectivity index (χ0) is 20.8. The topological polar surface area (TPSA) is 181 Å². The van der Waals surface area contributed by atoms with Crippen LogP contribution in [-0.4, -0.2) is 48.9 Å². The van der Waals surface area contributed by atoms with Crippen molar-refractivity contribution in [2.24, 2.45) is 5.73 Å². The van der Waals surface area contributed by atoms with Crippen LogP contribution >= 0.6 is 0 Å². The summed E-state index contributed by atoms with van der Waals surface area (Å²) in [5, 5.41) is 0.877. The molecule has 2 amide bonds. The Kier molecular flexibility index (Phi) is 15.2. The minimum atomic E-state index is -4.22. The van der Waals surface area contributed by atoms with Gasteiger partial charge in [-0.25, -0.2) is 0 Å². The fourth-order valence-electron chi connectivity index (χ4n) is 0.915. The summed E-state index contributed by atoms with van der Waals surface area (Å²) in [7, 11) is -7.89. The monoisotopic (exact) mass is 402 g/mol. The summed E-state index contributed by atoms with van der Waals surface area (Å²) >= 11 is 0. The zero-order valence-electron chi connectivity index (χ0n) is 14.4. The van der Waals surface area contributed by atoms with Gasteiger partial charge in [-0.3, -0.25) is 18.7 Å². The van der Waals surface area contributed by atoms with Gasteiger partial charge in [-0.15, -0.1) is 0 Å². The minimum absolute atomic E-state index is 0.109. The van der Waals surface area contributed by atoms with E-state index in [9.17, 15) is 26.4 Å². The number of amides is 2. The number of carbonyl (C=O) groups excluding carboxylic acids is 2. The van der Waals surface area contributed by atoms with E-state index >= 15 is 0 Å². The van der Waals surface area contributed by atoms with E-state index in [-0.39, 0.29) is 17.7 Å². The number of hydrogen-bond acceptors (Lipinski definition) is 6.